The van der Waals surface area contributed by atoms with Crippen LogP contribution >= 0.6 is 11.6 Å². The number of aryl methyl sites for hydroxylation is 2. The minimum Gasteiger partial charge on any atom is -0.353 e. The second kappa shape index (κ2) is 8.22. The van der Waals surface area contributed by atoms with E-state index in [9.17, 15) is 14.4 Å². The Bertz CT molecular complexity index is 1180. The molecule has 0 fully saturated rings. The first kappa shape index (κ1) is 20.8. The van der Waals surface area contributed by atoms with E-state index in [1.54, 1.807) is 13.1 Å². The maximum atomic E-state index is 12.7. The van der Waals surface area contributed by atoms with Crippen LogP contribution in [0.4, 0.5) is 0 Å². The number of halogens is 1. The highest BCUT2D eigenvalue weighted by atomic mass is 35.5. The molecular formula is C19H23ClN6O3. The number of amides is 1. The number of hydrogen-bond acceptors (Lipinski definition) is 5. The van der Waals surface area contributed by atoms with Crippen molar-refractivity contribution < 1.29 is 4.79 Å². The molecule has 0 aliphatic heterocycles. The molecule has 1 amide bonds. The SMILES string of the molecule is CN(C)C(CNC(=O)Cn1c(=O)c2c(ncn2C)n(C)c1=O)c1ccccc1Cl. The van der Waals surface area contributed by atoms with E-state index in [4.69, 9.17) is 11.6 Å². The number of hydrogen-bond donors (Lipinski definition) is 1. The van der Waals surface area contributed by atoms with Crippen molar-refractivity contribution in [3.05, 3.63) is 62.0 Å². The molecule has 0 radical (unpaired) electrons. The summed E-state index contributed by atoms with van der Waals surface area (Å²) < 4.78 is 3.71. The number of benzene rings is 1. The number of fused-ring (bicyclic) bond motifs is 1. The lowest BCUT2D eigenvalue weighted by molar-refractivity contribution is -0.122. The van der Waals surface area contributed by atoms with Crippen LogP contribution in [0.15, 0.2) is 40.2 Å². The molecule has 10 heteroatoms. The maximum absolute atomic E-state index is 12.7. The summed E-state index contributed by atoms with van der Waals surface area (Å²) in [7, 11) is 6.95. The first-order valence-corrected chi connectivity index (χ1v) is 9.38. The predicted molar refractivity (Wildman–Crippen MR) is 111 cm³/mol. The molecule has 2 heterocycles. The Labute approximate surface area is 172 Å². The lowest BCUT2D eigenvalue weighted by atomic mass is 10.1. The van der Waals surface area contributed by atoms with Gasteiger partial charge in [0.1, 0.15) is 6.54 Å². The van der Waals surface area contributed by atoms with Gasteiger partial charge in [-0.2, -0.15) is 0 Å². The molecule has 0 aliphatic carbocycles. The maximum Gasteiger partial charge on any atom is 0.332 e. The van der Waals surface area contributed by atoms with Gasteiger partial charge < -0.3 is 14.8 Å². The summed E-state index contributed by atoms with van der Waals surface area (Å²) in [6, 6.07) is 7.25. The van der Waals surface area contributed by atoms with Gasteiger partial charge in [0.15, 0.2) is 11.2 Å². The molecule has 1 N–H and O–H groups in total. The zero-order valence-corrected chi connectivity index (χ0v) is 17.5. The Kier molecular flexibility index (Phi) is 5.90. The van der Waals surface area contributed by atoms with Gasteiger partial charge in [-0.3, -0.25) is 14.2 Å². The summed E-state index contributed by atoms with van der Waals surface area (Å²) in [4.78, 5) is 43.8. The highest BCUT2D eigenvalue weighted by molar-refractivity contribution is 6.31. The van der Waals surface area contributed by atoms with Crippen molar-refractivity contribution in [3.8, 4) is 0 Å². The van der Waals surface area contributed by atoms with Crippen LogP contribution in [0.2, 0.25) is 5.02 Å². The zero-order chi connectivity index (χ0) is 21.3. The van der Waals surface area contributed by atoms with Crippen molar-refractivity contribution in [3.63, 3.8) is 0 Å². The van der Waals surface area contributed by atoms with Crippen molar-refractivity contribution in [2.75, 3.05) is 20.6 Å². The Morgan fingerprint density at radius 1 is 1.24 bits per heavy atom. The third-order valence-corrected chi connectivity index (χ3v) is 5.23. The molecular weight excluding hydrogens is 396 g/mol. The number of imidazole rings is 1. The summed E-state index contributed by atoms with van der Waals surface area (Å²) in [5, 5.41) is 3.40. The zero-order valence-electron chi connectivity index (χ0n) is 16.7. The van der Waals surface area contributed by atoms with E-state index in [1.165, 1.54) is 22.5 Å². The molecule has 1 atom stereocenters. The first-order valence-electron chi connectivity index (χ1n) is 9.00. The van der Waals surface area contributed by atoms with Crippen LogP contribution in [0.1, 0.15) is 11.6 Å². The standard InChI is InChI=1S/C19H23ClN6O3/c1-23(2)14(12-7-5-6-8-13(12)20)9-21-15(27)10-26-18(28)16-17(22-11-24(16)3)25(4)19(26)29/h5-8,11,14H,9-10H2,1-4H3,(H,21,27). The normalized spacial score (nSPS) is 12.5. The summed E-state index contributed by atoms with van der Waals surface area (Å²) >= 11 is 6.29. The van der Waals surface area contributed by atoms with Crippen LogP contribution in [-0.4, -0.2) is 50.1 Å². The second-order valence-corrected chi connectivity index (χ2v) is 7.47. The van der Waals surface area contributed by atoms with Crippen LogP contribution in [-0.2, 0) is 25.4 Å². The predicted octanol–water partition coefficient (Wildman–Crippen LogP) is 0.506. The Morgan fingerprint density at radius 3 is 2.59 bits per heavy atom. The van der Waals surface area contributed by atoms with Crippen molar-refractivity contribution in [1.29, 1.82) is 0 Å². The number of carbonyl (C=O) groups excluding carboxylic acids is 1. The molecule has 9 nitrogen and oxygen atoms in total. The first-order chi connectivity index (χ1) is 13.7. The van der Waals surface area contributed by atoms with Gasteiger partial charge in [0.2, 0.25) is 5.91 Å². The van der Waals surface area contributed by atoms with E-state index >= 15 is 0 Å². The van der Waals surface area contributed by atoms with E-state index in [0.717, 1.165) is 10.1 Å². The topological polar surface area (TPSA) is 94.2 Å². The van der Waals surface area contributed by atoms with Crippen molar-refractivity contribution in [2.45, 2.75) is 12.6 Å². The Balaban J connectivity index is 1.82. The van der Waals surface area contributed by atoms with Crippen molar-refractivity contribution in [2.24, 2.45) is 14.1 Å². The number of nitrogens with one attached hydrogen (secondary N) is 1. The molecule has 3 rings (SSSR count). The fourth-order valence-electron chi connectivity index (χ4n) is 3.26. The van der Waals surface area contributed by atoms with Crippen LogP contribution in [0.3, 0.4) is 0 Å². The van der Waals surface area contributed by atoms with Gasteiger partial charge in [0, 0.05) is 25.7 Å². The van der Waals surface area contributed by atoms with Gasteiger partial charge in [-0.25, -0.2) is 14.3 Å². The molecule has 1 aromatic carbocycles. The fraction of sp³-hybridized carbons (Fsp3) is 0.368. The van der Waals surface area contributed by atoms with Crippen molar-refractivity contribution >= 4 is 28.7 Å². The van der Waals surface area contributed by atoms with Gasteiger partial charge in [-0.05, 0) is 25.7 Å². The van der Waals surface area contributed by atoms with Crippen LogP contribution in [0.5, 0.6) is 0 Å². The lowest BCUT2D eigenvalue weighted by Gasteiger charge is -2.26. The largest absolute Gasteiger partial charge is 0.353 e. The van der Waals surface area contributed by atoms with Crippen LogP contribution in [0, 0.1) is 0 Å². The van der Waals surface area contributed by atoms with Crippen LogP contribution in [0.25, 0.3) is 11.2 Å². The van der Waals surface area contributed by atoms with Crippen molar-refractivity contribution in [1.82, 2.24) is 28.9 Å². The quantitative estimate of drug-likeness (QED) is 0.629. The molecule has 3 aromatic rings. The number of aromatic nitrogens is 4. The summed E-state index contributed by atoms with van der Waals surface area (Å²) in [5.41, 5.74) is 0.289. The molecule has 0 saturated heterocycles. The van der Waals surface area contributed by atoms with Gasteiger partial charge in [-0.15, -0.1) is 0 Å². The highest BCUT2D eigenvalue weighted by Crippen LogP contribution is 2.25. The van der Waals surface area contributed by atoms with Gasteiger partial charge in [-0.1, -0.05) is 29.8 Å². The van der Waals surface area contributed by atoms with E-state index < -0.39 is 17.2 Å². The summed E-state index contributed by atoms with van der Waals surface area (Å²) in [6.07, 6.45) is 1.46. The van der Waals surface area contributed by atoms with E-state index in [-0.39, 0.29) is 30.3 Å². The highest BCUT2D eigenvalue weighted by Gasteiger charge is 2.20. The molecule has 1 unspecified atom stereocenters. The molecule has 0 saturated carbocycles. The van der Waals surface area contributed by atoms with E-state index in [2.05, 4.69) is 10.3 Å². The second-order valence-electron chi connectivity index (χ2n) is 7.07. The third kappa shape index (κ3) is 3.96. The van der Waals surface area contributed by atoms with Gasteiger partial charge >= 0.3 is 5.69 Å². The minimum absolute atomic E-state index is 0.160. The number of nitrogens with zero attached hydrogens (tertiary/aromatic N) is 5. The van der Waals surface area contributed by atoms with E-state index in [0.29, 0.717) is 5.02 Å². The monoisotopic (exact) mass is 418 g/mol. The Hall–Kier alpha value is -2.91. The lowest BCUT2D eigenvalue weighted by Crippen LogP contribution is -2.44. The average Bonchev–Trinajstić information content (AvgIpc) is 3.06. The molecule has 29 heavy (non-hydrogen) atoms. The number of rotatable bonds is 6. The Morgan fingerprint density at radius 2 is 1.93 bits per heavy atom. The molecule has 0 aliphatic rings. The summed E-state index contributed by atoms with van der Waals surface area (Å²) in [6.45, 7) is -0.103. The van der Waals surface area contributed by atoms with Crippen LogP contribution < -0.4 is 16.6 Å². The van der Waals surface area contributed by atoms with E-state index in [1.807, 2.05) is 37.2 Å². The minimum atomic E-state index is -0.591. The summed E-state index contributed by atoms with van der Waals surface area (Å²) in [5.74, 6) is -0.440. The molecule has 0 spiro atoms. The number of carbonyl (C=O) groups is 1. The average molecular weight is 419 g/mol. The molecule has 2 aromatic heterocycles. The smallest absolute Gasteiger partial charge is 0.332 e. The number of likely N-dealkylation sites (N-methyl/N-ethyl adjacent to an activating group) is 1. The fourth-order valence-corrected chi connectivity index (χ4v) is 3.52. The van der Waals surface area contributed by atoms with Gasteiger partial charge in [0.05, 0.1) is 12.4 Å². The third-order valence-electron chi connectivity index (χ3n) is 4.88. The molecule has 154 valence electrons. The molecule has 0 bridgehead atoms. The van der Waals surface area contributed by atoms with Gasteiger partial charge in [0.25, 0.3) is 5.56 Å².